The van der Waals surface area contributed by atoms with Gasteiger partial charge < -0.3 is 10.4 Å². The smallest absolute Gasteiger partial charge is 0.226 e. The van der Waals surface area contributed by atoms with Crippen molar-refractivity contribution in [3.05, 3.63) is 29.8 Å². The Kier molecular flexibility index (Phi) is 3.53. The van der Waals surface area contributed by atoms with E-state index in [0.29, 0.717) is 0 Å². The second kappa shape index (κ2) is 4.66. The summed E-state index contributed by atoms with van der Waals surface area (Å²) in [5, 5.41) is 10.5. The molecule has 0 bridgehead atoms. The van der Waals surface area contributed by atoms with Gasteiger partial charge >= 0.3 is 0 Å². The first-order valence-electron chi connectivity index (χ1n) is 3.99. The van der Waals surface area contributed by atoms with Crippen LogP contribution in [0.2, 0.25) is 0 Å². The number of carbonyl (C=O) groups excluding carboxylic acids is 1. The topological polar surface area (TPSA) is 49.3 Å². The molecular weight excluding hydrogens is 192 g/mol. The molecule has 0 radical (unpaired) electrons. The van der Waals surface area contributed by atoms with Crippen LogP contribution in [0.25, 0.3) is 0 Å². The number of hydrogen-bond donors (Lipinski definition) is 2. The van der Waals surface area contributed by atoms with E-state index in [4.69, 9.17) is 5.11 Å². The number of carbonyl (C=O) groups is 1. The van der Waals surface area contributed by atoms with E-state index in [0.717, 1.165) is 18.2 Å². The van der Waals surface area contributed by atoms with Crippen LogP contribution < -0.4 is 5.32 Å². The zero-order valence-electron chi connectivity index (χ0n) is 7.26. The summed E-state index contributed by atoms with van der Waals surface area (Å²) < 4.78 is 25.5. The van der Waals surface area contributed by atoms with Gasteiger partial charge in [0, 0.05) is 6.07 Å². The molecule has 0 aliphatic heterocycles. The van der Waals surface area contributed by atoms with E-state index in [1.165, 1.54) is 0 Å². The fourth-order valence-corrected chi connectivity index (χ4v) is 0.908. The van der Waals surface area contributed by atoms with E-state index in [1.54, 1.807) is 0 Å². The maximum absolute atomic E-state index is 12.9. The first kappa shape index (κ1) is 10.6. The molecule has 1 aromatic rings. The van der Waals surface area contributed by atoms with Gasteiger partial charge in [0.15, 0.2) is 0 Å². The summed E-state index contributed by atoms with van der Waals surface area (Å²) in [6, 6.07) is 2.76. The van der Waals surface area contributed by atoms with Gasteiger partial charge in [-0.15, -0.1) is 0 Å². The minimum absolute atomic E-state index is 0.143. The van der Waals surface area contributed by atoms with Crippen molar-refractivity contribution in [3.63, 3.8) is 0 Å². The highest BCUT2D eigenvalue weighted by Crippen LogP contribution is 2.15. The van der Waals surface area contributed by atoms with Gasteiger partial charge in [-0.1, -0.05) is 0 Å². The molecule has 0 unspecified atom stereocenters. The van der Waals surface area contributed by atoms with Crippen LogP contribution in [0, 0.1) is 11.6 Å². The Labute approximate surface area is 79.4 Å². The second-order valence-corrected chi connectivity index (χ2v) is 2.65. The fraction of sp³-hybridized carbons (Fsp3) is 0.222. The lowest BCUT2D eigenvalue weighted by Gasteiger charge is -2.04. The highest BCUT2D eigenvalue weighted by atomic mass is 19.1. The van der Waals surface area contributed by atoms with Crippen molar-refractivity contribution in [3.8, 4) is 0 Å². The van der Waals surface area contributed by atoms with Crippen LogP contribution in [0.15, 0.2) is 18.2 Å². The molecule has 1 amide bonds. The van der Waals surface area contributed by atoms with Crippen molar-refractivity contribution in [2.75, 3.05) is 11.9 Å². The molecule has 0 saturated carbocycles. The number of anilines is 1. The van der Waals surface area contributed by atoms with E-state index in [9.17, 15) is 13.6 Å². The normalized spacial score (nSPS) is 9.93. The van der Waals surface area contributed by atoms with E-state index < -0.39 is 17.5 Å². The Hall–Kier alpha value is -1.49. The van der Waals surface area contributed by atoms with Crippen molar-refractivity contribution in [1.29, 1.82) is 0 Å². The van der Waals surface area contributed by atoms with Crippen LogP contribution in [0.4, 0.5) is 14.5 Å². The van der Waals surface area contributed by atoms with E-state index >= 15 is 0 Å². The lowest BCUT2D eigenvalue weighted by molar-refractivity contribution is -0.116. The molecule has 3 nitrogen and oxygen atoms in total. The molecular formula is C9H9F2NO2. The maximum Gasteiger partial charge on any atom is 0.226 e. The van der Waals surface area contributed by atoms with E-state index in [1.807, 2.05) is 0 Å². The molecule has 0 aromatic heterocycles. The molecule has 0 heterocycles. The standard InChI is InChI=1S/C9H9F2NO2/c10-6-1-2-7(11)8(5-6)12-9(14)3-4-13/h1-2,5,13H,3-4H2,(H,12,14). The van der Waals surface area contributed by atoms with E-state index in [-0.39, 0.29) is 18.7 Å². The lowest BCUT2D eigenvalue weighted by Crippen LogP contribution is -2.14. The number of nitrogens with one attached hydrogen (secondary N) is 1. The molecule has 2 N–H and O–H groups in total. The van der Waals surface area contributed by atoms with Gasteiger partial charge in [0.25, 0.3) is 0 Å². The van der Waals surface area contributed by atoms with Crippen LogP contribution in [0.5, 0.6) is 0 Å². The van der Waals surface area contributed by atoms with Crippen LogP contribution in [-0.2, 0) is 4.79 Å². The summed E-state index contributed by atoms with van der Waals surface area (Å²) in [7, 11) is 0. The van der Waals surface area contributed by atoms with Gasteiger partial charge in [0.1, 0.15) is 11.6 Å². The van der Waals surface area contributed by atoms with Crippen molar-refractivity contribution < 1.29 is 18.7 Å². The average Bonchev–Trinajstić information content (AvgIpc) is 2.12. The summed E-state index contributed by atoms with van der Waals surface area (Å²) in [6.07, 6.45) is -0.143. The molecule has 1 rings (SSSR count). The second-order valence-electron chi connectivity index (χ2n) is 2.65. The van der Waals surface area contributed by atoms with Gasteiger partial charge in [0.2, 0.25) is 5.91 Å². The highest BCUT2D eigenvalue weighted by molar-refractivity contribution is 5.90. The fourth-order valence-electron chi connectivity index (χ4n) is 0.908. The summed E-state index contributed by atoms with van der Waals surface area (Å²) in [4.78, 5) is 10.9. The Balaban J connectivity index is 2.75. The quantitative estimate of drug-likeness (QED) is 0.774. The van der Waals surface area contributed by atoms with Crippen LogP contribution in [0.1, 0.15) is 6.42 Å². The van der Waals surface area contributed by atoms with Gasteiger partial charge in [-0.25, -0.2) is 8.78 Å². The summed E-state index contributed by atoms with van der Waals surface area (Å²) in [5.41, 5.74) is -0.219. The summed E-state index contributed by atoms with van der Waals surface area (Å²) in [6.45, 7) is -0.331. The van der Waals surface area contributed by atoms with Crippen LogP contribution in [-0.4, -0.2) is 17.6 Å². The van der Waals surface area contributed by atoms with Gasteiger partial charge in [-0.2, -0.15) is 0 Å². The number of halogens is 2. The molecule has 0 aliphatic rings. The largest absolute Gasteiger partial charge is 0.396 e. The SMILES string of the molecule is O=C(CCO)Nc1cc(F)ccc1F. The zero-order chi connectivity index (χ0) is 10.6. The maximum atomic E-state index is 12.9. The molecule has 5 heteroatoms. The van der Waals surface area contributed by atoms with Crippen LogP contribution >= 0.6 is 0 Å². The third-order valence-electron chi connectivity index (χ3n) is 1.54. The molecule has 0 spiro atoms. The van der Waals surface area contributed by atoms with E-state index in [2.05, 4.69) is 5.32 Å². The molecule has 0 aliphatic carbocycles. The number of aliphatic hydroxyl groups excluding tert-OH is 1. The third kappa shape index (κ3) is 2.77. The van der Waals surface area contributed by atoms with Crippen molar-refractivity contribution in [2.24, 2.45) is 0 Å². The predicted molar refractivity (Wildman–Crippen MR) is 46.7 cm³/mol. The number of rotatable bonds is 3. The molecule has 0 atom stereocenters. The number of aliphatic hydroxyl groups is 1. The zero-order valence-corrected chi connectivity index (χ0v) is 7.26. The Morgan fingerprint density at radius 2 is 2.14 bits per heavy atom. The molecule has 14 heavy (non-hydrogen) atoms. The van der Waals surface area contributed by atoms with Crippen molar-refractivity contribution >= 4 is 11.6 Å². The molecule has 76 valence electrons. The third-order valence-corrected chi connectivity index (χ3v) is 1.54. The van der Waals surface area contributed by atoms with Gasteiger partial charge in [-0.3, -0.25) is 4.79 Å². The first-order valence-corrected chi connectivity index (χ1v) is 3.99. The minimum Gasteiger partial charge on any atom is -0.396 e. The Morgan fingerprint density at radius 1 is 1.43 bits per heavy atom. The number of hydrogen-bond acceptors (Lipinski definition) is 2. The van der Waals surface area contributed by atoms with Crippen molar-refractivity contribution in [1.82, 2.24) is 0 Å². The summed E-state index contributed by atoms with van der Waals surface area (Å²) in [5.74, 6) is -1.90. The lowest BCUT2D eigenvalue weighted by atomic mass is 10.3. The summed E-state index contributed by atoms with van der Waals surface area (Å²) >= 11 is 0. The predicted octanol–water partition coefficient (Wildman–Crippen LogP) is 1.29. The Morgan fingerprint density at radius 3 is 2.79 bits per heavy atom. The number of amides is 1. The first-order chi connectivity index (χ1) is 6.63. The van der Waals surface area contributed by atoms with Crippen molar-refractivity contribution in [2.45, 2.75) is 6.42 Å². The molecule has 0 fully saturated rings. The van der Waals surface area contributed by atoms with Gasteiger partial charge in [0.05, 0.1) is 18.7 Å². The monoisotopic (exact) mass is 201 g/mol. The Bertz CT molecular complexity index is 342. The minimum atomic E-state index is -0.710. The van der Waals surface area contributed by atoms with Gasteiger partial charge in [-0.05, 0) is 12.1 Å². The molecule has 0 saturated heterocycles. The van der Waals surface area contributed by atoms with Crippen LogP contribution in [0.3, 0.4) is 0 Å². The average molecular weight is 201 g/mol. The molecule has 1 aromatic carbocycles. The number of benzene rings is 1. The highest BCUT2D eigenvalue weighted by Gasteiger charge is 2.07.